The Balaban J connectivity index is 1.71. The quantitative estimate of drug-likeness (QED) is 0.715. The number of hydrogen-bond donors (Lipinski definition) is 2. The lowest BCUT2D eigenvalue weighted by atomic mass is 10.2. The molecule has 1 fully saturated rings. The van der Waals surface area contributed by atoms with Gasteiger partial charge in [-0.3, -0.25) is 9.13 Å². The molecule has 8 heteroatoms. The lowest BCUT2D eigenvalue weighted by Crippen LogP contribution is -2.37. The fraction of sp³-hybridized carbons (Fsp3) is 0.333. The van der Waals surface area contributed by atoms with Gasteiger partial charge in [0.1, 0.15) is 0 Å². The maximum atomic E-state index is 12.7. The van der Waals surface area contributed by atoms with E-state index in [1.807, 2.05) is 43.3 Å². The Bertz CT molecular complexity index is 1130. The summed E-state index contributed by atoms with van der Waals surface area (Å²) in [7, 11) is 3.49. The van der Waals surface area contributed by atoms with Crippen LogP contribution in [0.5, 0.6) is 0 Å². The Morgan fingerprint density at radius 2 is 1.69 bits per heavy atom. The molecule has 1 saturated heterocycles. The summed E-state index contributed by atoms with van der Waals surface area (Å²) in [4.78, 5) is 27.2. The fourth-order valence-electron chi connectivity index (χ4n) is 3.71. The van der Waals surface area contributed by atoms with Crippen LogP contribution in [0.1, 0.15) is 5.56 Å². The highest BCUT2D eigenvalue weighted by atomic mass is 16.5. The maximum Gasteiger partial charge on any atom is 0.328 e. The highest BCUT2D eigenvalue weighted by molar-refractivity contribution is 6.04. The van der Waals surface area contributed by atoms with E-state index in [9.17, 15) is 9.59 Å². The van der Waals surface area contributed by atoms with Gasteiger partial charge in [0.05, 0.1) is 35.6 Å². The topological polar surface area (TPSA) is 80.5 Å². The molecular formula is C21H25N5O3. The van der Waals surface area contributed by atoms with E-state index < -0.39 is 0 Å². The number of carbonyl (C=O) groups excluding carboxylic acids is 1. The SMILES string of the molecule is Cc1cccc(NC(=O)Nc2cc3c(cc2N2CCOCC2)n(C)c(=O)n3C)c1. The van der Waals surface area contributed by atoms with E-state index >= 15 is 0 Å². The second-order valence-corrected chi connectivity index (χ2v) is 7.31. The molecule has 0 radical (unpaired) electrons. The summed E-state index contributed by atoms with van der Waals surface area (Å²) in [6, 6.07) is 11.1. The second kappa shape index (κ2) is 7.63. The predicted octanol–water partition coefficient (Wildman–Crippen LogP) is 2.67. The summed E-state index contributed by atoms with van der Waals surface area (Å²) in [5, 5.41) is 5.84. The zero-order chi connectivity index (χ0) is 20.5. The zero-order valence-electron chi connectivity index (χ0n) is 16.9. The third kappa shape index (κ3) is 3.71. The minimum absolute atomic E-state index is 0.103. The predicted molar refractivity (Wildman–Crippen MR) is 115 cm³/mol. The standard InChI is InChI=1S/C21H25N5O3/c1-14-5-4-6-15(11-14)22-20(27)23-16-12-18-19(25(3)21(28)24(18)2)13-17(16)26-7-9-29-10-8-26/h4-6,11-13H,7-10H2,1-3H3,(H2,22,23,27). The van der Waals surface area contributed by atoms with Crippen LogP contribution in [0, 0.1) is 6.92 Å². The number of benzene rings is 2. The van der Waals surface area contributed by atoms with Crippen LogP contribution in [-0.2, 0) is 18.8 Å². The summed E-state index contributed by atoms with van der Waals surface area (Å²) in [5.41, 5.74) is 4.81. The number of rotatable bonds is 3. The monoisotopic (exact) mass is 395 g/mol. The number of fused-ring (bicyclic) bond motifs is 1. The molecule has 0 atom stereocenters. The van der Waals surface area contributed by atoms with Crippen molar-refractivity contribution in [3.05, 3.63) is 52.4 Å². The van der Waals surface area contributed by atoms with Gasteiger partial charge in [-0.25, -0.2) is 9.59 Å². The van der Waals surface area contributed by atoms with Crippen LogP contribution in [-0.4, -0.2) is 41.5 Å². The number of amides is 2. The smallest absolute Gasteiger partial charge is 0.328 e. The molecule has 2 N–H and O–H groups in total. The van der Waals surface area contributed by atoms with Gasteiger partial charge >= 0.3 is 11.7 Å². The Morgan fingerprint density at radius 1 is 1.00 bits per heavy atom. The first-order valence-electron chi connectivity index (χ1n) is 9.61. The van der Waals surface area contributed by atoms with E-state index in [0.717, 1.165) is 41.1 Å². The van der Waals surface area contributed by atoms with Crippen molar-refractivity contribution in [2.75, 3.05) is 41.8 Å². The molecule has 8 nitrogen and oxygen atoms in total. The number of ether oxygens (including phenoxy) is 1. The molecule has 0 spiro atoms. The average Bonchev–Trinajstić information content (AvgIpc) is 2.92. The van der Waals surface area contributed by atoms with Crippen LogP contribution in [0.25, 0.3) is 11.0 Å². The molecule has 2 heterocycles. The Labute approximate surface area is 168 Å². The van der Waals surface area contributed by atoms with Gasteiger partial charge in [0.25, 0.3) is 0 Å². The first-order valence-corrected chi connectivity index (χ1v) is 9.61. The first-order chi connectivity index (χ1) is 13.9. The van der Waals surface area contributed by atoms with E-state index in [0.29, 0.717) is 18.9 Å². The van der Waals surface area contributed by atoms with Crippen molar-refractivity contribution in [3.8, 4) is 0 Å². The molecule has 1 aliphatic heterocycles. The van der Waals surface area contributed by atoms with Crippen LogP contribution in [0.2, 0.25) is 0 Å². The van der Waals surface area contributed by atoms with Gasteiger partial charge in [-0.15, -0.1) is 0 Å². The molecule has 4 rings (SSSR count). The molecule has 0 aliphatic carbocycles. The van der Waals surface area contributed by atoms with Gasteiger partial charge in [0, 0.05) is 32.9 Å². The van der Waals surface area contributed by atoms with Crippen molar-refractivity contribution >= 4 is 34.1 Å². The number of nitrogens with one attached hydrogen (secondary N) is 2. The van der Waals surface area contributed by atoms with Gasteiger partial charge in [-0.05, 0) is 36.8 Å². The van der Waals surface area contributed by atoms with E-state index in [-0.39, 0.29) is 11.7 Å². The Kier molecular flexibility index (Phi) is 5.02. The lowest BCUT2D eigenvalue weighted by molar-refractivity contribution is 0.123. The number of morpholine rings is 1. The minimum Gasteiger partial charge on any atom is -0.378 e. The number of aromatic nitrogens is 2. The number of anilines is 3. The second-order valence-electron chi connectivity index (χ2n) is 7.31. The highest BCUT2D eigenvalue weighted by Crippen LogP contribution is 2.31. The zero-order valence-corrected chi connectivity index (χ0v) is 16.9. The molecule has 29 heavy (non-hydrogen) atoms. The van der Waals surface area contributed by atoms with Crippen molar-refractivity contribution in [1.82, 2.24) is 9.13 Å². The molecule has 2 aromatic carbocycles. The summed E-state index contributed by atoms with van der Waals surface area (Å²) in [5.74, 6) is 0. The van der Waals surface area contributed by atoms with Crippen molar-refractivity contribution in [1.29, 1.82) is 0 Å². The van der Waals surface area contributed by atoms with Crippen LogP contribution in [0.3, 0.4) is 0 Å². The molecule has 0 saturated carbocycles. The molecule has 2 amide bonds. The summed E-state index contributed by atoms with van der Waals surface area (Å²) < 4.78 is 8.67. The maximum absolute atomic E-state index is 12.7. The van der Waals surface area contributed by atoms with E-state index in [1.54, 1.807) is 23.2 Å². The van der Waals surface area contributed by atoms with Gasteiger partial charge in [-0.1, -0.05) is 12.1 Å². The molecule has 0 bridgehead atoms. The van der Waals surface area contributed by atoms with E-state index in [2.05, 4.69) is 15.5 Å². The number of hydrogen-bond acceptors (Lipinski definition) is 4. The summed E-state index contributed by atoms with van der Waals surface area (Å²) >= 11 is 0. The van der Waals surface area contributed by atoms with Crippen LogP contribution in [0.15, 0.2) is 41.2 Å². The Morgan fingerprint density at radius 3 is 2.38 bits per heavy atom. The number of aryl methyl sites for hydroxylation is 3. The highest BCUT2D eigenvalue weighted by Gasteiger charge is 2.20. The molecule has 152 valence electrons. The van der Waals surface area contributed by atoms with E-state index in [1.165, 1.54) is 0 Å². The minimum atomic E-state index is -0.328. The number of nitrogens with zero attached hydrogens (tertiary/aromatic N) is 3. The third-order valence-corrected chi connectivity index (χ3v) is 5.27. The molecule has 3 aromatic rings. The number of carbonyl (C=O) groups is 1. The van der Waals surface area contributed by atoms with Crippen LogP contribution < -0.4 is 21.2 Å². The molecular weight excluding hydrogens is 370 g/mol. The normalized spacial score (nSPS) is 14.2. The molecule has 1 aromatic heterocycles. The fourth-order valence-corrected chi connectivity index (χ4v) is 3.71. The van der Waals surface area contributed by atoms with Crippen molar-refractivity contribution in [2.24, 2.45) is 14.1 Å². The van der Waals surface area contributed by atoms with Crippen LogP contribution in [0.4, 0.5) is 21.9 Å². The summed E-state index contributed by atoms with van der Waals surface area (Å²) in [6.07, 6.45) is 0. The van der Waals surface area contributed by atoms with E-state index in [4.69, 9.17) is 4.74 Å². The molecule has 0 unspecified atom stereocenters. The lowest BCUT2D eigenvalue weighted by Gasteiger charge is -2.30. The van der Waals surface area contributed by atoms with Crippen LogP contribution >= 0.6 is 0 Å². The van der Waals surface area contributed by atoms with Gasteiger partial charge in [0.2, 0.25) is 0 Å². The first kappa shape index (κ1) is 19.1. The van der Waals surface area contributed by atoms with Crippen molar-refractivity contribution in [2.45, 2.75) is 6.92 Å². The largest absolute Gasteiger partial charge is 0.378 e. The summed E-state index contributed by atoms with van der Waals surface area (Å²) in [6.45, 7) is 4.67. The van der Waals surface area contributed by atoms with Crippen molar-refractivity contribution < 1.29 is 9.53 Å². The van der Waals surface area contributed by atoms with Gasteiger partial charge < -0.3 is 20.3 Å². The number of imidazole rings is 1. The number of urea groups is 1. The van der Waals surface area contributed by atoms with Gasteiger partial charge in [-0.2, -0.15) is 0 Å². The van der Waals surface area contributed by atoms with Crippen molar-refractivity contribution in [3.63, 3.8) is 0 Å². The third-order valence-electron chi connectivity index (χ3n) is 5.27. The Hall–Kier alpha value is -3.26. The molecule has 1 aliphatic rings. The van der Waals surface area contributed by atoms with Gasteiger partial charge in [0.15, 0.2) is 0 Å². The average molecular weight is 395 g/mol.